The Kier molecular flexibility index (Phi) is 8.55. The van der Waals surface area contributed by atoms with Crippen molar-refractivity contribution in [2.45, 2.75) is 13.3 Å². The van der Waals surface area contributed by atoms with Crippen LogP contribution in [-0.2, 0) is 16.0 Å². The highest BCUT2D eigenvalue weighted by molar-refractivity contribution is 8.00. The molecule has 2 aromatic carbocycles. The van der Waals surface area contributed by atoms with Gasteiger partial charge in [-0.05, 0) is 43.2 Å². The standard InChI is InChI=1S/C20H24N2O3S/c1-2-25-18-10-8-17(9-11-18)22-20(24)15-26-14-19(23)21-13-12-16-6-4-3-5-7-16/h3-11H,2,12-15H2,1H3,(H,21,23)(H,22,24). The van der Waals surface area contributed by atoms with Crippen molar-refractivity contribution in [1.29, 1.82) is 0 Å². The predicted octanol–water partition coefficient (Wildman–Crippen LogP) is 3.12. The summed E-state index contributed by atoms with van der Waals surface area (Å²) in [5.41, 5.74) is 1.90. The summed E-state index contributed by atoms with van der Waals surface area (Å²) in [6.07, 6.45) is 0.801. The molecule has 2 amide bonds. The molecule has 0 bridgehead atoms. The first-order chi connectivity index (χ1) is 12.7. The number of carbonyl (C=O) groups excluding carboxylic acids is 2. The number of hydrogen-bond donors (Lipinski definition) is 2. The van der Waals surface area contributed by atoms with Crippen LogP contribution in [0.5, 0.6) is 5.75 Å². The Bertz CT molecular complexity index is 690. The number of ether oxygens (including phenoxy) is 1. The van der Waals surface area contributed by atoms with Crippen LogP contribution in [-0.4, -0.2) is 36.5 Å². The smallest absolute Gasteiger partial charge is 0.234 e. The van der Waals surface area contributed by atoms with Gasteiger partial charge in [-0.1, -0.05) is 30.3 Å². The monoisotopic (exact) mass is 372 g/mol. The lowest BCUT2D eigenvalue weighted by Gasteiger charge is -2.07. The first kappa shape index (κ1) is 19.8. The van der Waals surface area contributed by atoms with Gasteiger partial charge in [0.1, 0.15) is 5.75 Å². The summed E-state index contributed by atoms with van der Waals surface area (Å²) in [4.78, 5) is 23.7. The van der Waals surface area contributed by atoms with Gasteiger partial charge in [0.15, 0.2) is 0 Å². The summed E-state index contributed by atoms with van der Waals surface area (Å²) in [5.74, 6) is 1.09. The summed E-state index contributed by atoms with van der Waals surface area (Å²) < 4.78 is 5.36. The molecule has 2 rings (SSSR count). The Labute approximate surface area is 158 Å². The van der Waals surface area contributed by atoms with Gasteiger partial charge in [0.2, 0.25) is 11.8 Å². The molecule has 6 heteroatoms. The Balaban J connectivity index is 1.59. The zero-order valence-electron chi connectivity index (χ0n) is 14.9. The molecule has 0 unspecified atom stereocenters. The van der Waals surface area contributed by atoms with Gasteiger partial charge in [-0.25, -0.2) is 0 Å². The molecule has 0 aliphatic heterocycles. The predicted molar refractivity (Wildman–Crippen MR) is 107 cm³/mol. The number of benzene rings is 2. The Morgan fingerprint density at radius 1 is 0.962 bits per heavy atom. The molecule has 2 aromatic rings. The van der Waals surface area contributed by atoms with Gasteiger partial charge in [-0.2, -0.15) is 0 Å². The van der Waals surface area contributed by atoms with Gasteiger partial charge >= 0.3 is 0 Å². The van der Waals surface area contributed by atoms with Crippen LogP contribution in [0, 0.1) is 0 Å². The second-order valence-corrected chi connectivity index (χ2v) is 6.57. The van der Waals surface area contributed by atoms with Gasteiger partial charge in [-0.3, -0.25) is 9.59 Å². The van der Waals surface area contributed by atoms with E-state index in [9.17, 15) is 9.59 Å². The molecule has 2 N–H and O–H groups in total. The van der Waals surface area contributed by atoms with E-state index in [1.54, 1.807) is 12.1 Å². The third-order valence-electron chi connectivity index (χ3n) is 3.49. The number of rotatable bonds is 10. The molecule has 5 nitrogen and oxygen atoms in total. The average molecular weight is 372 g/mol. The maximum Gasteiger partial charge on any atom is 0.234 e. The minimum Gasteiger partial charge on any atom is -0.494 e. The highest BCUT2D eigenvalue weighted by Crippen LogP contribution is 2.15. The first-order valence-electron chi connectivity index (χ1n) is 8.58. The van der Waals surface area contributed by atoms with Gasteiger partial charge in [0, 0.05) is 12.2 Å². The molecule has 0 aromatic heterocycles. The Morgan fingerprint density at radius 3 is 2.35 bits per heavy atom. The van der Waals surface area contributed by atoms with Crippen molar-refractivity contribution in [3.63, 3.8) is 0 Å². The lowest BCUT2D eigenvalue weighted by atomic mass is 10.1. The molecule has 0 atom stereocenters. The highest BCUT2D eigenvalue weighted by Gasteiger charge is 2.06. The van der Waals surface area contributed by atoms with Gasteiger partial charge in [-0.15, -0.1) is 11.8 Å². The van der Waals surface area contributed by atoms with Crippen molar-refractivity contribution in [3.05, 3.63) is 60.2 Å². The van der Waals surface area contributed by atoms with Crippen LogP contribution in [0.25, 0.3) is 0 Å². The van der Waals surface area contributed by atoms with Gasteiger partial charge in [0.25, 0.3) is 0 Å². The van der Waals surface area contributed by atoms with Crippen LogP contribution < -0.4 is 15.4 Å². The number of anilines is 1. The molecule has 0 heterocycles. The van der Waals surface area contributed by atoms with E-state index in [2.05, 4.69) is 10.6 Å². The summed E-state index contributed by atoms with van der Waals surface area (Å²) >= 11 is 1.30. The zero-order valence-corrected chi connectivity index (χ0v) is 15.7. The molecule has 0 aliphatic carbocycles. The van der Waals surface area contributed by atoms with E-state index >= 15 is 0 Å². The van der Waals surface area contributed by atoms with Crippen molar-refractivity contribution in [2.24, 2.45) is 0 Å². The van der Waals surface area contributed by atoms with E-state index in [0.29, 0.717) is 18.8 Å². The van der Waals surface area contributed by atoms with E-state index < -0.39 is 0 Å². The van der Waals surface area contributed by atoms with E-state index in [4.69, 9.17) is 4.74 Å². The number of hydrogen-bond acceptors (Lipinski definition) is 4. The van der Waals surface area contributed by atoms with Crippen molar-refractivity contribution >= 4 is 29.3 Å². The highest BCUT2D eigenvalue weighted by atomic mass is 32.2. The SMILES string of the molecule is CCOc1ccc(NC(=O)CSCC(=O)NCCc2ccccc2)cc1. The molecular formula is C20H24N2O3S. The second kappa shape index (κ2) is 11.2. The number of amides is 2. The average Bonchev–Trinajstić information content (AvgIpc) is 2.64. The molecule has 26 heavy (non-hydrogen) atoms. The second-order valence-electron chi connectivity index (χ2n) is 5.58. The lowest BCUT2D eigenvalue weighted by Crippen LogP contribution is -2.28. The van der Waals surface area contributed by atoms with Crippen molar-refractivity contribution in [3.8, 4) is 5.75 Å². The van der Waals surface area contributed by atoms with Crippen molar-refractivity contribution in [2.75, 3.05) is 30.0 Å². The third kappa shape index (κ3) is 7.61. The van der Waals surface area contributed by atoms with E-state index in [1.165, 1.54) is 17.3 Å². The van der Waals surface area contributed by atoms with Crippen LogP contribution in [0.15, 0.2) is 54.6 Å². The molecule has 0 radical (unpaired) electrons. The first-order valence-corrected chi connectivity index (χ1v) is 9.74. The molecule has 0 aliphatic rings. The molecule has 0 fully saturated rings. The minimum atomic E-state index is -0.128. The summed E-state index contributed by atoms with van der Waals surface area (Å²) in [5, 5.41) is 5.67. The Hall–Kier alpha value is -2.47. The summed E-state index contributed by atoms with van der Waals surface area (Å²) in [6, 6.07) is 17.2. The molecule has 138 valence electrons. The maximum atomic E-state index is 11.9. The quantitative estimate of drug-likeness (QED) is 0.672. The van der Waals surface area contributed by atoms with E-state index in [-0.39, 0.29) is 23.3 Å². The van der Waals surface area contributed by atoms with Crippen LogP contribution in [0.2, 0.25) is 0 Å². The van der Waals surface area contributed by atoms with Gasteiger partial charge in [0.05, 0.1) is 18.1 Å². The Morgan fingerprint density at radius 2 is 1.65 bits per heavy atom. The van der Waals surface area contributed by atoms with E-state index in [0.717, 1.165) is 12.2 Å². The number of carbonyl (C=O) groups is 2. The summed E-state index contributed by atoms with van der Waals surface area (Å²) in [6.45, 7) is 3.13. The molecule has 0 saturated heterocycles. The normalized spacial score (nSPS) is 10.2. The number of thioether (sulfide) groups is 1. The maximum absolute atomic E-state index is 11.9. The minimum absolute atomic E-state index is 0.0557. The molecule has 0 spiro atoms. The fourth-order valence-corrected chi connectivity index (χ4v) is 2.92. The largest absolute Gasteiger partial charge is 0.494 e. The third-order valence-corrected chi connectivity index (χ3v) is 4.43. The van der Waals surface area contributed by atoms with Crippen molar-refractivity contribution < 1.29 is 14.3 Å². The molecular weight excluding hydrogens is 348 g/mol. The fourth-order valence-electron chi connectivity index (χ4n) is 2.28. The topological polar surface area (TPSA) is 67.4 Å². The lowest BCUT2D eigenvalue weighted by molar-refractivity contribution is -0.118. The number of nitrogens with one attached hydrogen (secondary N) is 2. The summed E-state index contributed by atoms with van der Waals surface area (Å²) in [7, 11) is 0. The van der Waals surface area contributed by atoms with Gasteiger partial charge < -0.3 is 15.4 Å². The fraction of sp³-hybridized carbons (Fsp3) is 0.300. The van der Waals surface area contributed by atoms with Crippen molar-refractivity contribution in [1.82, 2.24) is 5.32 Å². The van der Waals surface area contributed by atoms with Crippen LogP contribution in [0.4, 0.5) is 5.69 Å². The molecule has 0 saturated carbocycles. The van der Waals surface area contributed by atoms with Crippen LogP contribution >= 0.6 is 11.8 Å². The zero-order chi connectivity index (χ0) is 18.6. The van der Waals surface area contributed by atoms with Crippen LogP contribution in [0.3, 0.4) is 0 Å². The van der Waals surface area contributed by atoms with E-state index in [1.807, 2.05) is 49.4 Å². The van der Waals surface area contributed by atoms with Crippen LogP contribution in [0.1, 0.15) is 12.5 Å².